The van der Waals surface area contributed by atoms with Gasteiger partial charge in [-0.1, -0.05) is 29.8 Å². The summed E-state index contributed by atoms with van der Waals surface area (Å²) < 4.78 is 0. The predicted molar refractivity (Wildman–Crippen MR) is 80.4 cm³/mol. The predicted octanol–water partition coefficient (Wildman–Crippen LogP) is 3.31. The van der Waals surface area contributed by atoms with Crippen molar-refractivity contribution in [2.24, 2.45) is 5.73 Å². The molecule has 0 bridgehead atoms. The quantitative estimate of drug-likeness (QED) is 0.671. The van der Waals surface area contributed by atoms with E-state index < -0.39 is 5.91 Å². The number of nitrogens with two attached hydrogens (primary N) is 2. The summed E-state index contributed by atoms with van der Waals surface area (Å²) in [6, 6.07) is 12.7. The Kier molecular flexibility index (Phi) is 4.35. The molecule has 0 saturated carbocycles. The highest BCUT2D eigenvalue weighted by molar-refractivity contribution is 7.98. The largest absolute Gasteiger partial charge is 0.398 e. The Hall–Kier alpha value is -1.65. The van der Waals surface area contributed by atoms with Gasteiger partial charge in [-0.05, 0) is 29.8 Å². The molecule has 0 aromatic heterocycles. The van der Waals surface area contributed by atoms with Gasteiger partial charge in [0.2, 0.25) is 5.91 Å². The molecule has 0 heterocycles. The van der Waals surface area contributed by atoms with Gasteiger partial charge in [0.15, 0.2) is 0 Å². The molecule has 0 aliphatic rings. The number of rotatable bonds is 4. The first kappa shape index (κ1) is 13.8. The van der Waals surface area contributed by atoms with Crippen molar-refractivity contribution in [3.8, 4) is 0 Å². The molecule has 19 heavy (non-hydrogen) atoms. The first-order valence-corrected chi connectivity index (χ1v) is 7.00. The van der Waals surface area contributed by atoms with Crippen molar-refractivity contribution in [3.63, 3.8) is 0 Å². The van der Waals surface area contributed by atoms with Crippen LogP contribution in [0.25, 0.3) is 0 Å². The second-order valence-corrected chi connectivity index (χ2v) is 5.45. The highest BCUT2D eigenvalue weighted by Crippen LogP contribution is 2.30. The van der Waals surface area contributed by atoms with Crippen molar-refractivity contribution in [1.29, 1.82) is 0 Å². The third kappa shape index (κ3) is 3.43. The van der Waals surface area contributed by atoms with Crippen molar-refractivity contribution in [1.82, 2.24) is 0 Å². The summed E-state index contributed by atoms with van der Waals surface area (Å²) in [7, 11) is 0. The van der Waals surface area contributed by atoms with Gasteiger partial charge in [0.25, 0.3) is 0 Å². The first-order valence-electron chi connectivity index (χ1n) is 5.63. The summed E-state index contributed by atoms with van der Waals surface area (Å²) in [6.07, 6.45) is 0. The minimum atomic E-state index is -0.416. The maximum atomic E-state index is 11.3. The Bertz CT molecular complexity index is 616. The third-order valence-electron chi connectivity index (χ3n) is 2.64. The van der Waals surface area contributed by atoms with Crippen LogP contribution in [0.4, 0.5) is 5.69 Å². The second-order valence-electron chi connectivity index (χ2n) is 3.99. The molecule has 0 unspecified atom stereocenters. The van der Waals surface area contributed by atoms with Crippen molar-refractivity contribution < 1.29 is 4.79 Å². The van der Waals surface area contributed by atoms with Crippen LogP contribution in [-0.2, 0) is 5.75 Å². The van der Waals surface area contributed by atoms with Gasteiger partial charge in [-0.3, -0.25) is 4.79 Å². The van der Waals surface area contributed by atoms with E-state index >= 15 is 0 Å². The van der Waals surface area contributed by atoms with Gasteiger partial charge in [-0.2, -0.15) is 0 Å². The number of halogens is 1. The van der Waals surface area contributed by atoms with Crippen molar-refractivity contribution >= 4 is 35.0 Å². The molecule has 4 N–H and O–H groups in total. The average molecular weight is 293 g/mol. The molecule has 2 rings (SSSR count). The molecule has 0 saturated heterocycles. The lowest BCUT2D eigenvalue weighted by Gasteiger charge is -2.08. The zero-order valence-corrected chi connectivity index (χ0v) is 11.7. The zero-order chi connectivity index (χ0) is 13.8. The number of hydrogen-bond acceptors (Lipinski definition) is 3. The fraction of sp³-hybridized carbons (Fsp3) is 0.0714. The molecular formula is C14H13ClN2OS. The maximum Gasteiger partial charge on any atom is 0.249 e. The molecule has 98 valence electrons. The third-order valence-corrected chi connectivity index (χ3v) is 4.01. The number of anilines is 1. The van der Waals surface area contributed by atoms with Crippen LogP contribution in [-0.4, -0.2) is 5.91 Å². The Labute approximate surface area is 120 Å². The summed E-state index contributed by atoms with van der Waals surface area (Å²) in [4.78, 5) is 12.2. The minimum absolute atomic E-state index is 0.416. The molecule has 5 heteroatoms. The van der Waals surface area contributed by atoms with Gasteiger partial charge in [-0.15, -0.1) is 11.8 Å². The van der Waals surface area contributed by atoms with Crippen molar-refractivity contribution in [2.75, 3.05) is 5.73 Å². The molecule has 0 atom stereocenters. The fourth-order valence-electron chi connectivity index (χ4n) is 1.69. The highest BCUT2D eigenvalue weighted by atomic mass is 35.5. The molecular weight excluding hydrogens is 280 g/mol. The van der Waals surface area contributed by atoms with Crippen LogP contribution in [0.5, 0.6) is 0 Å². The van der Waals surface area contributed by atoms with E-state index in [2.05, 4.69) is 0 Å². The number of amides is 1. The molecule has 0 aliphatic carbocycles. The Morgan fingerprint density at radius 1 is 1.21 bits per heavy atom. The zero-order valence-electron chi connectivity index (χ0n) is 10.1. The Balaban J connectivity index is 2.17. The molecule has 0 aliphatic heterocycles. The van der Waals surface area contributed by atoms with Crippen LogP contribution in [0, 0.1) is 0 Å². The monoisotopic (exact) mass is 292 g/mol. The molecule has 3 nitrogen and oxygen atoms in total. The number of nitrogen functional groups attached to an aromatic ring is 1. The Morgan fingerprint density at radius 3 is 2.63 bits per heavy atom. The van der Waals surface area contributed by atoms with Gasteiger partial charge >= 0.3 is 0 Å². The number of primary amides is 1. The average Bonchev–Trinajstić information content (AvgIpc) is 2.38. The van der Waals surface area contributed by atoms with E-state index in [4.69, 9.17) is 23.1 Å². The lowest BCUT2D eigenvalue weighted by Crippen LogP contribution is -2.13. The first-order chi connectivity index (χ1) is 9.08. The molecule has 1 amide bonds. The molecule has 0 spiro atoms. The maximum absolute atomic E-state index is 11.3. The fourth-order valence-corrected chi connectivity index (χ4v) is 2.83. The highest BCUT2D eigenvalue weighted by Gasteiger charge is 2.08. The molecule has 2 aromatic carbocycles. The number of carbonyl (C=O) groups is 1. The SMILES string of the molecule is NC(=O)c1ccccc1CSc1ccc(Cl)cc1N. The van der Waals surface area contributed by atoms with Gasteiger partial charge < -0.3 is 11.5 Å². The summed E-state index contributed by atoms with van der Waals surface area (Å²) in [5, 5.41) is 0.611. The standard InChI is InChI=1S/C14H13ClN2OS/c15-10-5-6-13(12(16)7-10)19-8-9-3-1-2-4-11(9)14(17)18/h1-7H,8,16H2,(H2,17,18). The van der Waals surface area contributed by atoms with Crippen LogP contribution in [0.15, 0.2) is 47.4 Å². The van der Waals surface area contributed by atoms with E-state index in [9.17, 15) is 4.79 Å². The van der Waals surface area contributed by atoms with Crippen LogP contribution in [0.1, 0.15) is 15.9 Å². The number of thioether (sulfide) groups is 1. The van der Waals surface area contributed by atoms with Gasteiger partial charge in [0.05, 0.1) is 0 Å². The lowest BCUT2D eigenvalue weighted by molar-refractivity contribution is 0.0999. The van der Waals surface area contributed by atoms with E-state index in [1.165, 1.54) is 0 Å². The van der Waals surface area contributed by atoms with E-state index in [-0.39, 0.29) is 0 Å². The van der Waals surface area contributed by atoms with E-state index in [0.29, 0.717) is 22.0 Å². The molecule has 0 radical (unpaired) electrons. The van der Waals surface area contributed by atoms with Crippen LogP contribution >= 0.6 is 23.4 Å². The number of benzene rings is 2. The van der Waals surface area contributed by atoms with Crippen LogP contribution in [0.2, 0.25) is 5.02 Å². The van der Waals surface area contributed by atoms with Crippen molar-refractivity contribution in [3.05, 3.63) is 58.6 Å². The Morgan fingerprint density at radius 2 is 1.95 bits per heavy atom. The van der Waals surface area contributed by atoms with E-state index in [0.717, 1.165) is 10.5 Å². The summed E-state index contributed by atoms with van der Waals surface area (Å²) in [5.74, 6) is 0.213. The lowest BCUT2D eigenvalue weighted by atomic mass is 10.1. The van der Waals surface area contributed by atoms with Crippen LogP contribution in [0.3, 0.4) is 0 Å². The summed E-state index contributed by atoms with van der Waals surface area (Å²) in [6.45, 7) is 0. The summed E-state index contributed by atoms with van der Waals surface area (Å²) in [5.41, 5.74) is 13.3. The van der Waals surface area contributed by atoms with Gasteiger partial charge in [0.1, 0.15) is 0 Å². The molecule has 2 aromatic rings. The smallest absolute Gasteiger partial charge is 0.249 e. The van der Waals surface area contributed by atoms with Crippen molar-refractivity contribution in [2.45, 2.75) is 10.6 Å². The summed E-state index contributed by atoms with van der Waals surface area (Å²) >= 11 is 7.40. The number of carbonyl (C=O) groups excluding carboxylic acids is 1. The van der Waals surface area contributed by atoms with E-state index in [1.807, 2.05) is 18.2 Å². The minimum Gasteiger partial charge on any atom is -0.398 e. The van der Waals surface area contributed by atoms with Crippen LogP contribution < -0.4 is 11.5 Å². The van der Waals surface area contributed by atoms with Gasteiger partial charge in [-0.25, -0.2) is 0 Å². The normalized spacial score (nSPS) is 10.4. The number of hydrogen-bond donors (Lipinski definition) is 2. The topological polar surface area (TPSA) is 69.1 Å². The second kappa shape index (κ2) is 5.99. The van der Waals surface area contributed by atoms with E-state index in [1.54, 1.807) is 36.0 Å². The van der Waals surface area contributed by atoms with Gasteiger partial charge in [0, 0.05) is 26.9 Å². The molecule has 0 fully saturated rings.